The van der Waals surface area contributed by atoms with Crippen molar-refractivity contribution in [3.05, 3.63) is 72.3 Å². The summed E-state index contributed by atoms with van der Waals surface area (Å²) >= 11 is 0. The first-order valence-electron chi connectivity index (χ1n) is 9.19. The lowest BCUT2D eigenvalue weighted by Gasteiger charge is -2.17. The van der Waals surface area contributed by atoms with Crippen LogP contribution in [0.5, 0.6) is 5.75 Å². The molecule has 6 heteroatoms. The van der Waals surface area contributed by atoms with Gasteiger partial charge in [0.25, 0.3) is 0 Å². The van der Waals surface area contributed by atoms with Gasteiger partial charge in [-0.1, -0.05) is 24.3 Å². The summed E-state index contributed by atoms with van der Waals surface area (Å²) in [5, 5.41) is 19.8. The van der Waals surface area contributed by atoms with Crippen LogP contribution in [0.3, 0.4) is 0 Å². The Labute approximate surface area is 169 Å². The number of phenolic OH excluding ortho intramolecular Hbond substituents is 1. The fourth-order valence-corrected chi connectivity index (χ4v) is 3.26. The van der Waals surface area contributed by atoms with Crippen LogP contribution >= 0.6 is 0 Å². The van der Waals surface area contributed by atoms with Gasteiger partial charge in [-0.25, -0.2) is 9.97 Å². The highest BCUT2D eigenvalue weighted by Gasteiger charge is 2.11. The number of fused-ring (bicyclic) bond motifs is 1. The zero-order valence-corrected chi connectivity index (χ0v) is 16.3. The number of para-hydroxylation sites is 1. The maximum Gasteiger partial charge on any atom is 0.162 e. The molecule has 2 N–H and O–H groups in total. The second kappa shape index (κ2) is 7.59. The van der Waals surface area contributed by atoms with Crippen molar-refractivity contribution in [2.45, 2.75) is 6.92 Å². The normalized spacial score (nSPS) is 10.7. The first kappa shape index (κ1) is 18.4. The fraction of sp³-hybridized carbons (Fsp3) is 0.0870. The van der Waals surface area contributed by atoms with Gasteiger partial charge in [-0.15, -0.1) is 0 Å². The van der Waals surface area contributed by atoms with Gasteiger partial charge in [0.05, 0.1) is 11.2 Å². The summed E-state index contributed by atoms with van der Waals surface area (Å²) in [7, 11) is 1.86. The Morgan fingerprint density at radius 3 is 2.59 bits per heavy atom. The van der Waals surface area contributed by atoms with Gasteiger partial charge in [-0.2, -0.15) is 5.10 Å². The van der Waals surface area contributed by atoms with Crippen LogP contribution in [0, 0.1) is 6.92 Å². The molecule has 29 heavy (non-hydrogen) atoms. The van der Waals surface area contributed by atoms with Crippen LogP contribution in [0.4, 0.5) is 17.2 Å². The van der Waals surface area contributed by atoms with Crippen molar-refractivity contribution in [2.24, 2.45) is 5.10 Å². The molecule has 0 radical (unpaired) electrons. The minimum Gasteiger partial charge on any atom is -0.508 e. The molecule has 4 rings (SSSR count). The molecule has 4 aromatic rings. The molecule has 1 aromatic heterocycles. The highest BCUT2D eigenvalue weighted by molar-refractivity contribution is 5.92. The molecule has 0 fully saturated rings. The number of hydrogen-bond acceptors (Lipinski definition) is 6. The number of aryl methyl sites for hydroxylation is 1. The van der Waals surface area contributed by atoms with E-state index in [1.54, 1.807) is 23.2 Å². The Bertz CT molecular complexity index is 1200. The average molecular weight is 383 g/mol. The molecule has 144 valence electrons. The number of phenols is 1. The third kappa shape index (κ3) is 3.73. The van der Waals surface area contributed by atoms with E-state index in [1.807, 2.05) is 62.5 Å². The Morgan fingerprint density at radius 2 is 1.83 bits per heavy atom. The van der Waals surface area contributed by atoms with Crippen molar-refractivity contribution in [3.63, 3.8) is 0 Å². The molecular formula is C23H21N5O. The molecule has 0 aliphatic heterocycles. The lowest BCUT2D eigenvalue weighted by Crippen LogP contribution is -2.09. The molecule has 0 aliphatic rings. The molecule has 0 atom stereocenters. The molecule has 0 amide bonds. The van der Waals surface area contributed by atoms with Gasteiger partial charge in [0.15, 0.2) is 5.82 Å². The van der Waals surface area contributed by atoms with Gasteiger partial charge in [0.1, 0.15) is 11.6 Å². The summed E-state index contributed by atoms with van der Waals surface area (Å²) in [6.45, 7) is 5.60. The smallest absolute Gasteiger partial charge is 0.162 e. The lowest BCUT2D eigenvalue weighted by atomic mass is 10.1. The molecule has 0 bridgehead atoms. The minimum atomic E-state index is 0.180. The summed E-state index contributed by atoms with van der Waals surface area (Å²) in [6, 6.07) is 20.8. The molecule has 6 nitrogen and oxygen atoms in total. The Kier molecular flexibility index (Phi) is 4.83. The number of anilines is 3. The largest absolute Gasteiger partial charge is 0.508 e. The Hall–Kier alpha value is -3.93. The number of aromatic nitrogens is 2. The molecule has 0 saturated carbocycles. The van der Waals surface area contributed by atoms with Crippen LogP contribution in [-0.2, 0) is 0 Å². The van der Waals surface area contributed by atoms with Crippen LogP contribution in [-0.4, -0.2) is 28.8 Å². The second-order valence-electron chi connectivity index (χ2n) is 6.75. The first-order valence-corrected chi connectivity index (χ1v) is 9.19. The van der Waals surface area contributed by atoms with Crippen LogP contribution in [0.1, 0.15) is 5.56 Å². The van der Waals surface area contributed by atoms with E-state index in [0.717, 1.165) is 33.4 Å². The van der Waals surface area contributed by atoms with Crippen molar-refractivity contribution < 1.29 is 5.11 Å². The van der Waals surface area contributed by atoms with Crippen molar-refractivity contribution >= 4 is 34.8 Å². The number of rotatable bonds is 5. The maximum atomic E-state index is 9.83. The average Bonchev–Trinajstić information content (AvgIpc) is 2.73. The number of nitrogens with zero attached hydrogens (tertiary/aromatic N) is 4. The van der Waals surface area contributed by atoms with E-state index in [1.165, 1.54) is 0 Å². The number of nitrogens with one attached hydrogen (secondary N) is 1. The Balaban J connectivity index is 1.79. The van der Waals surface area contributed by atoms with E-state index < -0.39 is 0 Å². The van der Waals surface area contributed by atoms with Gasteiger partial charge in [0, 0.05) is 30.4 Å². The van der Waals surface area contributed by atoms with Crippen molar-refractivity contribution in [1.82, 2.24) is 9.97 Å². The zero-order valence-electron chi connectivity index (χ0n) is 16.3. The lowest BCUT2D eigenvalue weighted by molar-refractivity contribution is 0.475. The monoisotopic (exact) mass is 383 g/mol. The second-order valence-corrected chi connectivity index (χ2v) is 6.75. The van der Waals surface area contributed by atoms with E-state index in [4.69, 9.17) is 4.98 Å². The summed E-state index contributed by atoms with van der Waals surface area (Å²) < 4.78 is 0. The number of aromatic hydroxyl groups is 1. The van der Waals surface area contributed by atoms with Crippen LogP contribution in [0.25, 0.3) is 22.3 Å². The van der Waals surface area contributed by atoms with Gasteiger partial charge in [-0.3, -0.25) is 5.01 Å². The van der Waals surface area contributed by atoms with E-state index in [2.05, 4.69) is 22.1 Å². The third-order valence-corrected chi connectivity index (χ3v) is 4.73. The molecular weight excluding hydrogens is 362 g/mol. The molecule has 1 heterocycles. The summed E-state index contributed by atoms with van der Waals surface area (Å²) in [6.07, 6.45) is 0. The SMILES string of the molecule is C=NN(C)c1ccc(Nc2nc(-c3cccc(O)c3)nc3ccccc23)cc1C. The number of hydrogen-bond donors (Lipinski definition) is 2. The summed E-state index contributed by atoms with van der Waals surface area (Å²) in [5.41, 5.74) is 4.54. The van der Waals surface area contributed by atoms with Gasteiger partial charge in [0.2, 0.25) is 0 Å². The summed E-state index contributed by atoms with van der Waals surface area (Å²) in [4.78, 5) is 9.41. The number of hydrazone groups is 1. The van der Waals surface area contributed by atoms with Crippen molar-refractivity contribution in [2.75, 3.05) is 17.4 Å². The van der Waals surface area contributed by atoms with Gasteiger partial charge < -0.3 is 10.4 Å². The third-order valence-electron chi connectivity index (χ3n) is 4.73. The first-order chi connectivity index (χ1) is 14.0. The van der Waals surface area contributed by atoms with Crippen LogP contribution in [0.15, 0.2) is 71.8 Å². The van der Waals surface area contributed by atoms with Gasteiger partial charge in [-0.05, 0) is 55.0 Å². The maximum absolute atomic E-state index is 9.83. The molecule has 0 aliphatic carbocycles. The van der Waals surface area contributed by atoms with E-state index >= 15 is 0 Å². The molecule has 0 saturated heterocycles. The highest BCUT2D eigenvalue weighted by Crippen LogP contribution is 2.30. The standard InChI is InChI=1S/C23H21N5O/c1-15-13-17(11-12-21(15)28(3)24-2)25-23-19-9-4-5-10-20(19)26-22(27-23)16-7-6-8-18(29)14-16/h4-14,29H,2H2,1,3H3,(H,25,26,27). The van der Waals surface area contributed by atoms with E-state index in [-0.39, 0.29) is 5.75 Å². The predicted octanol–water partition coefficient (Wildman–Crippen LogP) is 5.11. The van der Waals surface area contributed by atoms with E-state index in [0.29, 0.717) is 11.6 Å². The fourth-order valence-electron chi connectivity index (χ4n) is 3.26. The zero-order chi connectivity index (χ0) is 20.4. The van der Waals surface area contributed by atoms with Crippen LogP contribution < -0.4 is 10.3 Å². The number of benzene rings is 3. The Morgan fingerprint density at radius 1 is 1.00 bits per heavy atom. The highest BCUT2D eigenvalue weighted by atomic mass is 16.3. The van der Waals surface area contributed by atoms with E-state index in [9.17, 15) is 5.11 Å². The van der Waals surface area contributed by atoms with Crippen LogP contribution in [0.2, 0.25) is 0 Å². The predicted molar refractivity (Wildman–Crippen MR) is 119 cm³/mol. The topological polar surface area (TPSA) is 73.6 Å². The van der Waals surface area contributed by atoms with Gasteiger partial charge >= 0.3 is 0 Å². The summed E-state index contributed by atoms with van der Waals surface area (Å²) in [5.74, 6) is 1.43. The molecule has 0 spiro atoms. The molecule has 3 aromatic carbocycles. The van der Waals surface area contributed by atoms with Crippen molar-refractivity contribution in [1.29, 1.82) is 0 Å². The quantitative estimate of drug-likeness (QED) is 0.370. The minimum absolute atomic E-state index is 0.180. The van der Waals surface area contributed by atoms with Crippen molar-refractivity contribution in [3.8, 4) is 17.1 Å². The molecule has 0 unspecified atom stereocenters.